The number of hydrogen-bond donors (Lipinski definition) is 2. The van der Waals surface area contributed by atoms with Crippen LogP contribution in [0.1, 0.15) is 11.1 Å². The second-order valence-corrected chi connectivity index (χ2v) is 5.06. The highest BCUT2D eigenvalue weighted by Gasteiger charge is 2.10. The van der Waals surface area contributed by atoms with E-state index in [9.17, 15) is 10.1 Å². The first-order valence-corrected chi connectivity index (χ1v) is 6.77. The lowest BCUT2D eigenvalue weighted by atomic mass is 10.2. The molecule has 0 aliphatic carbocycles. The van der Waals surface area contributed by atoms with E-state index in [1.165, 1.54) is 12.1 Å². The number of non-ortho nitro benzene ring substituents is 1. The molecular weight excluding hydrogens is 286 g/mol. The lowest BCUT2D eigenvalue weighted by Gasteiger charge is -2.13. The highest BCUT2D eigenvalue weighted by Crippen LogP contribution is 2.22. The Balaban J connectivity index is 2.15. The number of nitro benzene ring substituents is 1. The van der Waals surface area contributed by atoms with Crippen molar-refractivity contribution in [2.45, 2.75) is 13.8 Å². The van der Waals surface area contributed by atoms with E-state index in [1.54, 1.807) is 6.07 Å². The van der Waals surface area contributed by atoms with Gasteiger partial charge in [-0.2, -0.15) is 0 Å². The number of anilines is 2. The Morgan fingerprint density at radius 1 is 1.05 bits per heavy atom. The summed E-state index contributed by atoms with van der Waals surface area (Å²) in [6.07, 6.45) is 0. The molecule has 0 radical (unpaired) electrons. The van der Waals surface area contributed by atoms with Crippen LogP contribution in [-0.4, -0.2) is 10.0 Å². The van der Waals surface area contributed by atoms with Crippen LogP contribution in [0, 0.1) is 24.0 Å². The van der Waals surface area contributed by atoms with Crippen molar-refractivity contribution in [3.05, 3.63) is 63.7 Å². The molecule has 0 aliphatic rings. The summed E-state index contributed by atoms with van der Waals surface area (Å²) in [6.45, 7) is 3.84. The van der Waals surface area contributed by atoms with Gasteiger partial charge < -0.3 is 10.6 Å². The molecule has 5 nitrogen and oxygen atoms in total. The van der Waals surface area contributed by atoms with Gasteiger partial charge in [0.1, 0.15) is 0 Å². The zero-order valence-electron chi connectivity index (χ0n) is 11.7. The summed E-state index contributed by atoms with van der Waals surface area (Å²) in [7, 11) is 0. The number of benzene rings is 2. The van der Waals surface area contributed by atoms with Crippen molar-refractivity contribution in [3.63, 3.8) is 0 Å². The predicted molar refractivity (Wildman–Crippen MR) is 88.9 cm³/mol. The molecule has 0 aromatic heterocycles. The summed E-state index contributed by atoms with van der Waals surface area (Å²) in [6, 6.07) is 12.4. The molecule has 2 rings (SSSR count). The first-order valence-electron chi connectivity index (χ1n) is 6.36. The number of hydrogen-bond acceptors (Lipinski definition) is 3. The standard InChI is InChI=1S/C15H15N3O2S/c1-10-5-3-4-6-13(10)16-15(21)17-14-9-12(18(19)20)8-7-11(14)2/h3-9H,1-2H3,(H2,16,17,21). The molecule has 0 aliphatic heterocycles. The molecule has 0 atom stereocenters. The fourth-order valence-electron chi connectivity index (χ4n) is 1.85. The van der Waals surface area contributed by atoms with E-state index in [-0.39, 0.29) is 5.69 Å². The maximum atomic E-state index is 10.8. The Hall–Kier alpha value is -2.47. The quantitative estimate of drug-likeness (QED) is 0.509. The van der Waals surface area contributed by atoms with Gasteiger partial charge in [0.05, 0.1) is 4.92 Å². The monoisotopic (exact) mass is 301 g/mol. The number of thiocarbonyl (C=S) groups is 1. The number of nitrogens with zero attached hydrogens (tertiary/aromatic N) is 1. The van der Waals surface area contributed by atoms with Crippen molar-refractivity contribution >= 4 is 34.4 Å². The molecule has 0 amide bonds. The molecule has 2 N–H and O–H groups in total. The average molecular weight is 301 g/mol. The van der Waals surface area contributed by atoms with E-state index in [1.807, 2.05) is 38.1 Å². The van der Waals surface area contributed by atoms with E-state index in [2.05, 4.69) is 10.6 Å². The summed E-state index contributed by atoms with van der Waals surface area (Å²) < 4.78 is 0. The lowest BCUT2D eigenvalue weighted by molar-refractivity contribution is -0.384. The van der Waals surface area contributed by atoms with Crippen LogP contribution in [0.4, 0.5) is 17.1 Å². The van der Waals surface area contributed by atoms with Crippen LogP contribution >= 0.6 is 12.2 Å². The predicted octanol–water partition coefficient (Wildman–Crippen LogP) is 4.02. The van der Waals surface area contributed by atoms with Gasteiger partial charge in [-0.1, -0.05) is 24.3 Å². The first kappa shape index (κ1) is 14.9. The topological polar surface area (TPSA) is 67.2 Å². The fourth-order valence-corrected chi connectivity index (χ4v) is 2.07. The van der Waals surface area contributed by atoms with E-state index in [0.29, 0.717) is 10.8 Å². The SMILES string of the molecule is Cc1ccccc1NC(=S)Nc1cc([N+](=O)[O-])ccc1C. The lowest BCUT2D eigenvalue weighted by Crippen LogP contribution is -2.20. The third-order valence-corrected chi connectivity index (χ3v) is 3.28. The van der Waals surface area contributed by atoms with Crippen LogP contribution in [0.15, 0.2) is 42.5 Å². The van der Waals surface area contributed by atoms with Crippen molar-refractivity contribution < 1.29 is 4.92 Å². The Morgan fingerprint density at radius 3 is 2.33 bits per heavy atom. The summed E-state index contributed by atoms with van der Waals surface area (Å²) in [4.78, 5) is 10.4. The molecule has 2 aromatic rings. The second kappa shape index (κ2) is 6.32. The van der Waals surface area contributed by atoms with E-state index < -0.39 is 4.92 Å². The summed E-state index contributed by atoms with van der Waals surface area (Å²) >= 11 is 5.25. The maximum Gasteiger partial charge on any atom is 0.271 e. The van der Waals surface area contributed by atoms with Gasteiger partial charge in [0, 0.05) is 23.5 Å². The van der Waals surface area contributed by atoms with Gasteiger partial charge in [-0.15, -0.1) is 0 Å². The van der Waals surface area contributed by atoms with Gasteiger partial charge >= 0.3 is 0 Å². The molecule has 0 bridgehead atoms. The zero-order chi connectivity index (χ0) is 15.4. The highest BCUT2D eigenvalue weighted by atomic mass is 32.1. The number of para-hydroxylation sites is 1. The summed E-state index contributed by atoms with van der Waals surface area (Å²) in [5, 5.41) is 17.3. The van der Waals surface area contributed by atoms with E-state index in [0.717, 1.165) is 16.8 Å². The third-order valence-electron chi connectivity index (χ3n) is 3.07. The Morgan fingerprint density at radius 2 is 1.67 bits per heavy atom. The summed E-state index contributed by atoms with van der Waals surface area (Å²) in [5.74, 6) is 0. The second-order valence-electron chi connectivity index (χ2n) is 4.65. The van der Waals surface area contributed by atoms with Gasteiger partial charge in [-0.25, -0.2) is 0 Å². The largest absolute Gasteiger partial charge is 0.332 e. The van der Waals surface area contributed by atoms with Crippen LogP contribution in [0.5, 0.6) is 0 Å². The minimum atomic E-state index is -0.428. The summed E-state index contributed by atoms with van der Waals surface area (Å²) in [5.41, 5.74) is 3.50. The van der Waals surface area contributed by atoms with Crippen LogP contribution < -0.4 is 10.6 Å². The Bertz CT molecular complexity index is 701. The van der Waals surface area contributed by atoms with Crippen LogP contribution in [-0.2, 0) is 0 Å². The molecule has 0 fully saturated rings. The van der Waals surface area contributed by atoms with Crippen LogP contribution in [0.3, 0.4) is 0 Å². The molecule has 108 valence electrons. The third kappa shape index (κ3) is 3.76. The molecule has 0 unspecified atom stereocenters. The first-order chi connectivity index (χ1) is 9.97. The minimum Gasteiger partial charge on any atom is -0.332 e. The van der Waals surface area contributed by atoms with Crippen LogP contribution in [0.25, 0.3) is 0 Å². The number of nitro groups is 1. The number of rotatable bonds is 3. The maximum absolute atomic E-state index is 10.8. The molecule has 0 saturated heterocycles. The molecule has 21 heavy (non-hydrogen) atoms. The zero-order valence-corrected chi connectivity index (χ0v) is 12.5. The van der Waals surface area contributed by atoms with Crippen molar-refractivity contribution in [1.82, 2.24) is 0 Å². The Kier molecular flexibility index (Phi) is 4.49. The molecule has 0 heterocycles. The molecule has 0 spiro atoms. The molecular formula is C15H15N3O2S. The van der Waals surface area contributed by atoms with Crippen molar-refractivity contribution in [2.24, 2.45) is 0 Å². The Labute approximate surface area is 128 Å². The average Bonchev–Trinajstić information content (AvgIpc) is 2.43. The molecule has 0 saturated carbocycles. The number of nitrogens with one attached hydrogen (secondary N) is 2. The minimum absolute atomic E-state index is 0.0294. The molecule has 2 aromatic carbocycles. The van der Waals surface area contributed by atoms with Crippen molar-refractivity contribution in [2.75, 3.05) is 10.6 Å². The van der Waals surface area contributed by atoms with Crippen LogP contribution in [0.2, 0.25) is 0 Å². The smallest absolute Gasteiger partial charge is 0.271 e. The van der Waals surface area contributed by atoms with E-state index in [4.69, 9.17) is 12.2 Å². The number of aryl methyl sites for hydroxylation is 2. The van der Waals surface area contributed by atoms with Gasteiger partial charge in [0.2, 0.25) is 0 Å². The van der Waals surface area contributed by atoms with E-state index >= 15 is 0 Å². The van der Waals surface area contributed by atoms with Crippen molar-refractivity contribution in [3.8, 4) is 0 Å². The van der Waals surface area contributed by atoms with Gasteiger partial charge in [0.15, 0.2) is 5.11 Å². The van der Waals surface area contributed by atoms with Crippen molar-refractivity contribution in [1.29, 1.82) is 0 Å². The fraction of sp³-hybridized carbons (Fsp3) is 0.133. The normalized spacial score (nSPS) is 10.0. The molecule has 6 heteroatoms. The van der Waals surface area contributed by atoms with Gasteiger partial charge in [-0.05, 0) is 43.3 Å². The van der Waals surface area contributed by atoms with Gasteiger partial charge in [0.25, 0.3) is 5.69 Å². The highest BCUT2D eigenvalue weighted by molar-refractivity contribution is 7.80. The van der Waals surface area contributed by atoms with Gasteiger partial charge in [-0.3, -0.25) is 10.1 Å².